The van der Waals surface area contributed by atoms with Gasteiger partial charge >= 0.3 is 49.7 Å². The molecule has 0 aliphatic heterocycles. The maximum absolute atomic E-state index is 10.2. The number of rotatable bonds is 2. The SMILES string of the molecule is O=C(O)c1cnc(C(=O)O)cn1.[Ca+2]. The molecular weight excluding hydrogens is 204 g/mol. The van der Waals surface area contributed by atoms with Gasteiger partial charge in [-0.3, -0.25) is 0 Å². The normalized spacial score (nSPS) is 8.62. The van der Waals surface area contributed by atoms with Crippen LogP contribution in [0, 0.1) is 0 Å². The third-order valence-corrected chi connectivity index (χ3v) is 1.09. The first-order valence-electron chi connectivity index (χ1n) is 2.90. The maximum Gasteiger partial charge on any atom is 2.00 e. The molecule has 0 amide bonds. The Morgan fingerprint density at radius 3 is 1.46 bits per heavy atom. The molecule has 62 valence electrons. The molecule has 0 unspecified atom stereocenters. The fraction of sp³-hybridized carbons (Fsp3) is 0. The van der Waals surface area contributed by atoms with Crippen LogP contribution in [0.1, 0.15) is 21.0 Å². The number of carboxylic acids is 2. The second kappa shape index (κ2) is 5.11. The first kappa shape index (κ1) is 12.3. The molecule has 6 nitrogen and oxygen atoms in total. The Morgan fingerprint density at radius 1 is 1.00 bits per heavy atom. The van der Waals surface area contributed by atoms with Gasteiger partial charge in [0.05, 0.1) is 12.4 Å². The quantitative estimate of drug-likeness (QED) is 0.635. The Bertz CT molecular complexity index is 291. The summed E-state index contributed by atoms with van der Waals surface area (Å²) in [5.41, 5.74) is -0.556. The van der Waals surface area contributed by atoms with Crippen LogP contribution in [-0.4, -0.2) is 69.9 Å². The summed E-state index contributed by atoms with van der Waals surface area (Å²) in [6.45, 7) is 0. The van der Waals surface area contributed by atoms with E-state index < -0.39 is 11.9 Å². The summed E-state index contributed by atoms with van der Waals surface area (Å²) in [6.07, 6.45) is 1.79. The number of aromatic nitrogens is 2. The Balaban J connectivity index is 0.00000144. The first-order valence-corrected chi connectivity index (χ1v) is 2.90. The Labute approximate surface area is 103 Å². The summed E-state index contributed by atoms with van der Waals surface area (Å²) in [4.78, 5) is 27.2. The van der Waals surface area contributed by atoms with Crippen LogP contribution < -0.4 is 0 Å². The number of nitrogens with zero attached hydrogens (tertiary/aromatic N) is 2. The predicted molar refractivity (Wildman–Crippen MR) is 41.7 cm³/mol. The van der Waals surface area contributed by atoms with Gasteiger partial charge in [0.2, 0.25) is 0 Å². The molecule has 0 atom stereocenters. The van der Waals surface area contributed by atoms with Crippen molar-refractivity contribution < 1.29 is 19.8 Å². The maximum atomic E-state index is 10.2. The number of carboxylic acid groups (broad SMARTS) is 2. The Kier molecular flexibility index (Phi) is 4.82. The fourth-order valence-corrected chi connectivity index (χ4v) is 0.549. The molecule has 0 bridgehead atoms. The average molecular weight is 208 g/mol. The van der Waals surface area contributed by atoms with E-state index in [1.165, 1.54) is 0 Å². The van der Waals surface area contributed by atoms with E-state index in [0.717, 1.165) is 12.4 Å². The molecule has 2 N–H and O–H groups in total. The molecule has 0 spiro atoms. The van der Waals surface area contributed by atoms with E-state index in [9.17, 15) is 9.59 Å². The van der Waals surface area contributed by atoms with Crippen LogP contribution in [-0.2, 0) is 0 Å². The summed E-state index contributed by atoms with van der Waals surface area (Å²) in [5, 5.41) is 16.7. The van der Waals surface area contributed by atoms with E-state index in [1.54, 1.807) is 0 Å². The van der Waals surface area contributed by atoms with Crippen molar-refractivity contribution >= 4 is 49.7 Å². The van der Waals surface area contributed by atoms with Gasteiger partial charge in [0.1, 0.15) is 0 Å². The Hall–Kier alpha value is -0.720. The third kappa shape index (κ3) is 3.25. The van der Waals surface area contributed by atoms with E-state index >= 15 is 0 Å². The van der Waals surface area contributed by atoms with E-state index in [4.69, 9.17) is 10.2 Å². The van der Waals surface area contributed by atoms with Crippen molar-refractivity contribution in [2.24, 2.45) is 0 Å². The van der Waals surface area contributed by atoms with Crippen molar-refractivity contribution in [2.45, 2.75) is 0 Å². The predicted octanol–water partition coefficient (Wildman–Crippen LogP) is -0.508. The second-order valence-corrected chi connectivity index (χ2v) is 1.90. The van der Waals surface area contributed by atoms with Crippen LogP contribution in [0.3, 0.4) is 0 Å². The van der Waals surface area contributed by atoms with Crippen LogP contribution in [0.15, 0.2) is 12.4 Å². The molecule has 0 radical (unpaired) electrons. The molecule has 0 fully saturated rings. The molecule has 0 saturated carbocycles. The summed E-state index contributed by atoms with van der Waals surface area (Å²) >= 11 is 0. The summed E-state index contributed by atoms with van der Waals surface area (Å²) in [7, 11) is 0. The average Bonchev–Trinajstić information content (AvgIpc) is 2.04. The first-order chi connectivity index (χ1) is 5.61. The Morgan fingerprint density at radius 2 is 1.31 bits per heavy atom. The van der Waals surface area contributed by atoms with Crippen molar-refractivity contribution in [3.8, 4) is 0 Å². The minimum absolute atomic E-state index is 0. The van der Waals surface area contributed by atoms with Crippen molar-refractivity contribution in [1.29, 1.82) is 0 Å². The minimum Gasteiger partial charge on any atom is -0.476 e. The van der Waals surface area contributed by atoms with Gasteiger partial charge in [0, 0.05) is 0 Å². The van der Waals surface area contributed by atoms with Gasteiger partial charge in [-0.25, -0.2) is 19.6 Å². The molecule has 7 heteroatoms. The zero-order valence-corrected chi connectivity index (χ0v) is 8.68. The van der Waals surface area contributed by atoms with Gasteiger partial charge in [-0.2, -0.15) is 0 Å². The van der Waals surface area contributed by atoms with Gasteiger partial charge < -0.3 is 10.2 Å². The fourth-order valence-electron chi connectivity index (χ4n) is 0.549. The molecule has 1 rings (SSSR count). The number of aromatic carboxylic acids is 2. The van der Waals surface area contributed by atoms with Gasteiger partial charge in [-0.1, -0.05) is 0 Å². The van der Waals surface area contributed by atoms with E-state index in [2.05, 4.69) is 9.97 Å². The van der Waals surface area contributed by atoms with Crippen molar-refractivity contribution in [1.82, 2.24) is 9.97 Å². The van der Waals surface area contributed by atoms with Crippen molar-refractivity contribution in [3.63, 3.8) is 0 Å². The molecule has 1 heterocycles. The van der Waals surface area contributed by atoms with Crippen LogP contribution in [0.5, 0.6) is 0 Å². The molecule has 0 saturated heterocycles. The zero-order valence-electron chi connectivity index (χ0n) is 6.47. The van der Waals surface area contributed by atoms with E-state index in [1.807, 2.05) is 0 Å². The summed E-state index contributed by atoms with van der Waals surface area (Å²) in [6, 6.07) is 0. The van der Waals surface area contributed by atoms with Gasteiger partial charge in [0.15, 0.2) is 11.4 Å². The monoisotopic (exact) mass is 208 g/mol. The van der Waals surface area contributed by atoms with Crippen molar-refractivity contribution in [2.75, 3.05) is 0 Å². The summed E-state index contributed by atoms with van der Waals surface area (Å²) in [5.74, 6) is -2.47. The minimum atomic E-state index is -1.24. The molecule has 1 aromatic heterocycles. The van der Waals surface area contributed by atoms with Crippen LogP contribution in [0.25, 0.3) is 0 Å². The number of hydrogen-bond donors (Lipinski definition) is 2. The third-order valence-electron chi connectivity index (χ3n) is 1.09. The van der Waals surface area contributed by atoms with Crippen molar-refractivity contribution in [3.05, 3.63) is 23.8 Å². The molecule has 0 aliphatic rings. The largest absolute Gasteiger partial charge is 2.00 e. The standard InChI is InChI=1S/C6H4N2O4.Ca/c9-5(10)3-1-7-4(2-8-3)6(11)12;/h1-2H,(H,9,10)(H,11,12);/q;+2. The van der Waals surface area contributed by atoms with Gasteiger partial charge in [0.25, 0.3) is 0 Å². The molecule has 0 aromatic carbocycles. The number of carbonyl (C=O) groups is 2. The molecule has 13 heavy (non-hydrogen) atoms. The van der Waals surface area contributed by atoms with Crippen LogP contribution in [0.4, 0.5) is 0 Å². The van der Waals surface area contributed by atoms with Gasteiger partial charge in [-0.15, -0.1) is 0 Å². The van der Waals surface area contributed by atoms with Gasteiger partial charge in [-0.05, 0) is 0 Å². The molecule has 0 aliphatic carbocycles. The van der Waals surface area contributed by atoms with E-state index in [-0.39, 0.29) is 49.1 Å². The smallest absolute Gasteiger partial charge is 0.476 e. The topological polar surface area (TPSA) is 100 Å². The van der Waals surface area contributed by atoms with Crippen LogP contribution >= 0.6 is 0 Å². The molecule has 1 aromatic rings. The van der Waals surface area contributed by atoms with E-state index in [0.29, 0.717) is 0 Å². The molecular formula is C6H4CaN2O4+2. The zero-order chi connectivity index (χ0) is 9.14. The number of hydrogen-bond acceptors (Lipinski definition) is 4. The second-order valence-electron chi connectivity index (χ2n) is 1.90. The van der Waals surface area contributed by atoms with Crippen LogP contribution in [0.2, 0.25) is 0 Å². The summed E-state index contributed by atoms with van der Waals surface area (Å²) < 4.78 is 0.